The number of likely N-dealkylation sites (tertiary alicyclic amines) is 1. The number of carbonyl (C=O) groups is 2. The summed E-state index contributed by atoms with van der Waals surface area (Å²) in [6.07, 6.45) is 5.54. The Kier molecular flexibility index (Phi) is 4.97. The Bertz CT molecular complexity index is 737. The average molecular weight is 370 g/mol. The van der Waals surface area contributed by atoms with Crippen LogP contribution in [0, 0.1) is 12.8 Å². The van der Waals surface area contributed by atoms with Gasteiger partial charge in [0.15, 0.2) is 0 Å². The van der Waals surface area contributed by atoms with E-state index in [1.807, 2.05) is 13.0 Å². The summed E-state index contributed by atoms with van der Waals surface area (Å²) in [7, 11) is 0. The molecule has 27 heavy (non-hydrogen) atoms. The number of anilines is 1. The van der Waals surface area contributed by atoms with Crippen LogP contribution >= 0.6 is 0 Å². The van der Waals surface area contributed by atoms with Crippen LogP contribution in [0.5, 0.6) is 0 Å². The van der Waals surface area contributed by atoms with Gasteiger partial charge in [-0.05, 0) is 70.0 Å². The molecule has 1 saturated heterocycles. The molecular weight excluding hydrogens is 340 g/mol. The van der Waals surface area contributed by atoms with Crippen LogP contribution in [0.25, 0.3) is 0 Å². The molecule has 1 amide bonds. The lowest BCUT2D eigenvalue weighted by atomic mass is 9.68. The summed E-state index contributed by atoms with van der Waals surface area (Å²) in [4.78, 5) is 27.1. The number of esters is 1. The fourth-order valence-electron chi connectivity index (χ4n) is 5.30. The second-order valence-electron chi connectivity index (χ2n) is 8.48. The number of aryl methyl sites for hydroxylation is 1. The van der Waals surface area contributed by atoms with Gasteiger partial charge >= 0.3 is 5.97 Å². The molecular formula is C22H30N2O3. The van der Waals surface area contributed by atoms with Crippen molar-refractivity contribution in [1.29, 1.82) is 0 Å². The van der Waals surface area contributed by atoms with E-state index in [4.69, 9.17) is 4.74 Å². The van der Waals surface area contributed by atoms with Gasteiger partial charge in [0.1, 0.15) is 0 Å². The molecule has 3 aliphatic rings. The molecule has 146 valence electrons. The predicted molar refractivity (Wildman–Crippen MR) is 105 cm³/mol. The normalized spacial score (nSPS) is 30.4. The minimum absolute atomic E-state index is 0.0680. The second kappa shape index (κ2) is 7.27. The number of ether oxygens (including phenoxy) is 1. The van der Waals surface area contributed by atoms with E-state index in [0.717, 1.165) is 50.9 Å². The van der Waals surface area contributed by atoms with Gasteiger partial charge in [0.05, 0.1) is 12.0 Å². The molecule has 0 unspecified atom stereocenters. The maximum absolute atomic E-state index is 12.8. The SMILES string of the molecule is CCOC(=O)C[C@H]1CCN(C2CCC3(CC2)C(=O)Nc2ccc(C)cc23)C1. The van der Waals surface area contributed by atoms with E-state index in [9.17, 15) is 9.59 Å². The van der Waals surface area contributed by atoms with Crippen molar-refractivity contribution in [3.8, 4) is 0 Å². The fraction of sp³-hybridized carbons (Fsp3) is 0.636. The zero-order valence-corrected chi connectivity index (χ0v) is 16.4. The first kappa shape index (κ1) is 18.5. The van der Waals surface area contributed by atoms with Crippen molar-refractivity contribution in [3.63, 3.8) is 0 Å². The van der Waals surface area contributed by atoms with Gasteiger partial charge < -0.3 is 15.0 Å². The van der Waals surface area contributed by atoms with Gasteiger partial charge in [0.2, 0.25) is 5.91 Å². The first-order chi connectivity index (χ1) is 13.0. The molecule has 1 saturated carbocycles. The van der Waals surface area contributed by atoms with Gasteiger partial charge in [-0.3, -0.25) is 9.59 Å². The zero-order valence-electron chi connectivity index (χ0n) is 16.4. The van der Waals surface area contributed by atoms with Crippen molar-refractivity contribution in [2.24, 2.45) is 5.92 Å². The molecule has 5 nitrogen and oxygen atoms in total. The number of nitrogens with zero attached hydrogens (tertiary/aromatic N) is 1. The van der Waals surface area contributed by atoms with E-state index in [2.05, 4.69) is 29.3 Å². The van der Waals surface area contributed by atoms with Crippen LogP contribution in [0.4, 0.5) is 5.69 Å². The zero-order chi connectivity index (χ0) is 19.0. The highest BCUT2D eigenvalue weighted by Crippen LogP contribution is 2.48. The largest absolute Gasteiger partial charge is 0.466 e. The van der Waals surface area contributed by atoms with Crippen molar-refractivity contribution in [2.45, 2.75) is 63.8 Å². The van der Waals surface area contributed by atoms with Crippen molar-refractivity contribution in [2.75, 3.05) is 25.0 Å². The number of amides is 1. The van der Waals surface area contributed by atoms with E-state index in [1.165, 1.54) is 11.1 Å². The topological polar surface area (TPSA) is 58.6 Å². The van der Waals surface area contributed by atoms with Gasteiger partial charge in [-0.15, -0.1) is 0 Å². The first-order valence-corrected chi connectivity index (χ1v) is 10.3. The van der Waals surface area contributed by atoms with E-state index in [-0.39, 0.29) is 17.3 Å². The molecule has 0 bridgehead atoms. The lowest BCUT2D eigenvalue weighted by Crippen LogP contribution is -2.44. The Labute approximate surface area is 161 Å². The highest BCUT2D eigenvalue weighted by molar-refractivity contribution is 6.06. The Morgan fingerprint density at radius 3 is 2.81 bits per heavy atom. The third-order valence-corrected chi connectivity index (χ3v) is 6.78. The van der Waals surface area contributed by atoms with E-state index in [1.54, 1.807) is 0 Å². The monoisotopic (exact) mass is 370 g/mol. The van der Waals surface area contributed by atoms with Crippen LogP contribution < -0.4 is 5.32 Å². The van der Waals surface area contributed by atoms with Crippen molar-refractivity contribution < 1.29 is 14.3 Å². The molecule has 4 rings (SSSR count). The maximum Gasteiger partial charge on any atom is 0.306 e. The Morgan fingerprint density at radius 1 is 1.30 bits per heavy atom. The number of hydrogen-bond donors (Lipinski definition) is 1. The highest BCUT2D eigenvalue weighted by Gasteiger charge is 2.49. The second-order valence-corrected chi connectivity index (χ2v) is 8.48. The molecule has 0 aromatic heterocycles. The van der Waals surface area contributed by atoms with Gasteiger partial charge in [0, 0.05) is 24.7 Å². The third-order valence-electron chi connectivity index (χ3n) is 6.78. The number of carbonyl (C=O) groups excluding carboxylic acids is 2. The summed E-state index contributed by atoms with van der Waals surface area (Å²) in [6.45, 7) is 6.46. The predicted octanol–water partition coefficient (Wildman–Crippen LogP) is 3.40. The summed E-state index contributed by atoms with van der Waals surface area (Å²) >= 11 is 0. The van der Waals surface area contributed by atoms with Gasteiger partial charge in [-0.1, -0.05) is 17.7 Å². The standard InChI is InChI=1S/C22H30N2O3/c1-3-27-20(25)13-16-8-11-24(14-16)17-6-9-22(10-7-17)18-12-15(2)4-5-19(18)23-21(22)26/h4-5,12,16-17H,3,6-11,13-14H2,1-2H3,(H,23,26)/t16-,17?,22?/m1/s1. The molecule has 1 aromatic rings. The maximum atomic E-state index is 12.8. The van der Waals surface area contributed by atoms with Crippen LogP contribution in [-0.4, -0.2) is 42.5 Å². The van der Waals surface area contributed by atoms with Crippen LogP contribution in [0.2, 0.25) is 0 Å². The number of hydrogen-bond acceptors (Lipinski definition) is 4. The summed E-state index contributed by atoms with van der Waals surface area (Å²) in [5.74, 6) is 0.530. The molecule has 1 aromatic carbocycles. The van der Waals surface area contributed by atoms with Crippen LogP contribution in [0.1, 0.15) is 56.6 Å². The molecule has 2 heterocycles. The molecule has 0 radical (unpaired) electrons. The molecule has 2 aliphatic heterocycles. The fourth-order valence-corrected chi connectivity index (χ4v) is 5.30. The molecule has 1 aliphatic carbocycles. The smallest absolute Gasteiger partial charge is 0.306 e. The third kappa shape index (κ3) is 3.38. The Hall–Kier alpha value is -1.88. The van der Waals surface area contributed by atoms with Crippen LogP contribution in [-0.2, 0) is 19.7 Å². The molecule has 5 heteroatoms. The number of nitrogens with one attached hydrogen (secondary N) is 1. The van der Waals surface area contributed by atoms with Crippen molar-refractivity contribution in [1.82, 2.24) is 4.90 Å². The van der Waals surface area contributed by atoms with Crippen molar-refractivity contribution >= 4 is 17.6 Å². The number of benzene rings is 1. The molecule has 1 N–H and O–H groups in total. The average Bonchev–Trinajstić information content (AvgIpc) is 3.20. The first-order valence-electron chi connectivity index (χ1n) is 10.3. The lowest BCUT2D eigenvalue weighted by Gasteiger charge is -2.39. The quantitative estimate of drug-likeness (QED) is 0.825. The minimum atomic E-state index is -0.331. The molecule has 1 atom stereocenters. The van der Waals surface area contributed by atoms with Gasteiger partial charge in [0.25, 0.3) is 0 Å². The minimum Gasteiger partial charge on any atom is -0.466 e. The molecule has 2 fully saturated rings. The van der Waals surface area contributed by atoms with E-state index >= 15 is 0 Å². The van der Waals surface area contributed by atoms with E-state index in [0.29, 0.717) is 25.0 Å². The number of rotatable bonds is 4. The summed E-state index contributed by atoms with van der Waals surface area (Å²) in [5, 5.41) is 3.11. The van der Waals surface area contributed by atoms with Gasteiger partial charge in [-0.2, -0.15) is 0 Å². The van der Waals surface area contributed by atoms with Gasteiger partial charge in [-0.25, -0.2) is 0 Å². The Balaban J connectivity index is 1.38. The number of fused-ring (bicyclic) bond motifs is 2. The lowest BCUT2D eigenvalue weighted by molar-refractivity contribution is -0.144. The summed E-state index contributed by atoms with van der Waals surface area (Å²) in [5.41, 5.74) is 3.09. The van der Waals surface area contributed by atoms with E-state index < -0.39 is 0 Å². The Morgan fingerprint density at radius 2 is 2.07 bits per heavy atom. The van der Waals surface area contributed by atoms with Crippen LogP contribution in [0.3, 0.4) is 0 Å². The summed E-state index contributed by atoms with van der Waals surface area (Å²) in [6, 6.07) is 6.84. The van der Waals surface area contributed by atoms with Crippen molar-refractivity contribution in [3.05, 3.63) is 29.3 Å². The summed E-state index contributed by atoms with van der Waals surface area (Å²) < 4.78 is 5.10. The van der Waals surface area contributed by atoms with Crippen LogP contribution in [0.15, 0.2) is 18.2 Å². The molecule has 1 spiro atoms. The highest BCUT2D eigenvalue weighted by atomic mass is 16.5.